The van der Waals surface area contributed by atoms with Crippen molar-refractivity contribution in [2.45, 2.75) is 13.0 Å². The highest BCUT2D eigenvalue weighted by Gasteiger charge is 2.11. The lowest BCUT2D eigenvalue weighted by molar-refractivity contribution is 0.853. The van der Waals surface area contributed by atoms with Crippen molar-refractivity contribution >= 4 is 0 Å². The molecule has 0 saturated heterocycles. The van der Waals surface area contributed by atoms with Crippen LogP contribution in [0.2, 0.25) is 0 Å². The Balaban J connectivity index is 1.89. The van der Waals surface area contributed by atoms with Gasteiger partial charge in [0.1, 0.15) is 0 Å². The van der Waals surface area contributed by atoms with Crippen LogP contribution in [0.1, 0.15) is 22.7 Å². The number of aromatic nitrogens is 1. The predicted octanol–water partition coefficient (Wildman–Crippen LogP) is 4.11. The molecule has 2 nitrogen and oxygen atoms in total. The molecule has 0 bridgehead atoms. The zero-order valence-electron chi connectivity index (χ0n) is 12.0. The summed E-state index contributed by atoms with van der Waals surface area (Å²) in [6.45, 7) is 2.06. The van der Waals surface area contributed by atoms with Gasteiger partial charge in [0, 0.05) is 12.4 Å². The molecule has 1 heterocycles. The number of hydrogen-bond acceptors (Lipinski definition) is 2. The molecule has 2 N–H and O–H groups in total. The van der Waals surface area contributed by atoms with Gasteiger partial charge in [-0.1, -0.05) is 54.6 Å². The van der Waals surface area contributed by atoms with Crippen LogP contribution < -0.4 is 5.73 Å². The first-order chi connectivity index (χ1) is 10.3. The minimum atomic E-state index is -0.136. The molecule has 3 rings (SSSR count). The van der Waals surface area contributed by atoms with Gasteiger partial charge in [0.05, 0.1) is 6.04 Å². The number of hydrogen-bond donors (Lipinski definition) is 1. The minimum absolute atomic E-state index is 0.136. The van der Waals surface area contributed by atoms with Crippen LogP contribution in [-0.4, -0.2) is 4.98 Å². The summed E-state index contributed by atoms with van der Waals surface area (Å²) in [6, 6.07) is 20.6. The maximum Gasteiger partial charge on any atom is 0.0569 e. The van der Waals surface area contributed by atoms with Gasteiger partial charge in [0.2, 0.25) is 0 Å². The quantitative estimate of drug-likeness (QED) is 0.780. The standard InChI is InChI=1S/C19H18N2/c1-14-11-12-21-13-18(14)19(20)17-9-7-16(8-10-17)15-5-3-2-4-6-15/h2-13,19H,20H2,1H3. The van der Waals surface area contributed by atoms with Gasteiger partial charge in [-0.25, -0.2) is 0 Å². The van der Waals surface area contributed by atoms with Crippen molar-refractivity contribution in [3.8, 4) is 11.1 Å². The number of rotatable bonds is 3. The Hall–Kier alpha value is -2.45. The summed E-state index contributed by atoms with van der Waals surface area (Å²) < 4.78 is 0. The number of aryl methyl sites for hydroxylation is 1. The molecule has 0 aliphatic heterocycles. The number of benzene rings is 2. The first-order valence-electron chi connectivity index (χ1n) is 7.07. The van der Waals surface area contributed by atoms with Gasteiger partial charge >= 0.3 is 0 Å². The SMILES string of the molecule is Cc1ccncc1C(N)c1ccc(-c2ccccc2)cc1. The van der Waals surface area contributed by atoms with Crippen molar-refractivity contribution < 1.29 is 0 Å². The molecule has 1 unspecified atom stereocenters. The maximum atomic E-state index is 6.37. The third-order valence-electron chi connectivity index (χ3n) is 3.79. The Morgan fingerprint density at radius 1 is 0.857 bits per heavy atom. The summed E-state index contributed by atoms with van der Waals surface area (Å²) in [4.78, 5) is 4.18. The van der Waals surface area contributed by atoms with Gasteiger partial charge in [-0.3, -0.25) is 4.98 Å². The largest absolute Gasteiger partial charge is 0.320 e. The summed E-state index contributed by atoms with van der Waals surface area (Å²) in [5, 5.41) is 0. The van der Waals surface area contributed by atoms with Crippen LogP contribution in [0.4, 0.5) is 0 Å². The van der Waals surface area contributed by atoms with E-state index in [-0.39, 0.29) is 6.04 Å². The first kappa shape index (κ1) is 13.5. The van der Waals surface area contributed by atoms with E-state index in [2.05, 4.69) is 48.3 Å². The molecule has 0 radical (unpaired) electrons. The molecular weight excluding hydrogens is 256 g/mol. The minimum Gasteiger partial charge on any atom is -0.320 e. The second kappa shape index (κ2) is 5.90. The van der Waals surface area contributed by atoms with Gasteiger partial charge in [0.25, 0.3) is 0 Å². The molecule has 21 heavy (non-hydrogen) atoms. The number of nitrogens with two attached hydrogens (primary N) is 1. The van der Waals surface area contributed by atoms with Crippen molar-refractivity contribution in [2.24, 2.45) is 5.73 Å². The van der Waals surface area contributed by atoms with E-state index < -0.39 is 0 Å². The molecule has 3 aromatic rings. The van der Waals surface area contributed by atoms with E-state index in [0.717, 1.165) is 11.1 Å². The van der Waals surface area contributed by atoms with E-state index in [1.165, 1.54) is 16.7 Å². The van der Waals surface area contributed by atoms with Gasteiger partial charge in [-0.05, 0) is 40.8 Å². The average molecular weight is 274 g/mol. The third kappa shape index (κ3) is 2.86. The number of nitrogens with zero attached hydrogens (tertiary/aromatic N) is 1. The molecule has 2 heteroatoms. The van der Waals surface area contributed by atoms with Crippen LogP contribution in [0.3, 0.4) is 0 Å². The molecule has 0 amide bonds. The van der Waals surface area contributed by atoms with Crippen LogP contribution in [0.5, 0.6) is 0 Å². The topological polar surface area (TPSA) is 38.9 Å². The van der Waals surface area contributed by atoms with Crippen LogP contribution in [0, 0.1) is 6.92 Å². The normalized spacial score (nSPS) is 12.1. The fourth-order valence-corrected chi connectivity index (χ4v) is 2.49. The van der Waals surface area contributed by atoms with E-state index in [9.17, 15) is 0 Å². The van der Waals surface area contributed by atoms with Crippen LogP contribution in [0.25, 0.3) is 11.1 Å². The lowest BCUT2D eigenvalue weighted by atomic mass is 9.95. The molecule has 1 atom stereocenters. The molecule has 0 spiro atoms. The molecule has 0 fully saturated rings. The Morgan fingerprint density at radius 2 is 1.52 bits per heavy atom. The number of pyridine rings is 1. The monoisotopic (exact) mass is 274 g/mol. The summed E-state index contributed by atoms with van der Waals surface area (Å²) in [6.07, 6.45) is 3.65. The fraction of sp³-hybridized carbons (Fsp3) is 0.105. The summed E-state index contributed by atoms with van der Waals surface area (Å²) in [7, 11) is 0. The summed E-state index contributed by atoms with van der Waals surface area (Å²) in [5.41, 5.74) is 12.1. The van der Waals surface area contributed by atoms with Crippen molar-refractivity contribution in [3.05, 3.63) is 89.7 Å². The van der Waals surface area contributed by atoms with Gasteiger partial charge in [0.15, 0.2) is 0 Å². The lowest BCUT2D eigenvalue weighted by Crippen LogP contribution is -2.13. The smallest absolute Gasteiger partial charge is 0.0569 e. The van der Waals surface area contributed by atoms with Crippen molar-refractivity contribution in [1.29, 1.82) is 0 Å². The highest BCUT2D eigenvalue weighted by molar-refractivity contribution is 5.63. The Kier molecular flexibility index (Phi) is 3.80. The molecular formula is C19H18N2. The van der Waals surface area contributed by atoms with E-state index in [1.807, 2.05) is 30.5 Å². The van der Waals surface area contributed by atoms with Crippen molar-refractivity contribution in [3.63, 3.8) is 0 Å². The summed E-state index contributed by atoms with van der Waals surface area (Å²) in [5.74, 6) is 0. The highest BCUT2D eigenvalue weighted by Crippen LogP contribution is 2.25. The van der Waals surface area contributed by atoms with Gasteiger partial charge in [-0.15, -0.1) is 0 Å². The molecule has 0 aliphatic rings. The molecule has 104 valence electrons. The van der Waals surface area contributed by atoms with Crippen molar-refractivity contribution in [2.75, 3.05) is 0 Å². The van der Waals surface area contributed by atoms with Gasteiger partial charge in [-0.2, -0.15) is 0 Å². The molecule has 1 aromatic heterocycles. The Morgan fingerprint density at radius 3 is 2.19 bits per heavy atom. The van der Waals surface area contributed by atoms with E-state index >= 15 is 0 Å². The molecule has 0 saturated carbocycles. The van der Waals surface area contributed by atoms with Crippen LogP contribution in [0.15, 0.2) is 73.1 Å². The summed E-state index contributed by atoms with van der Waals surface area (Å²) >= 11 is 0. The Bertz CT molecular complexity index is 718. The first-order valence-corrected chi connectivity index (χ1v) is 7.07. The second-order valence-corrected chi connectivity index (χ2v) is 5.20. The predicted molar refractivity (Wildman–Crippen MR) is 86.9 cm³/mol. The molecule has 0 aliphatic carbocycles. The zero-order chi connectivity index (χ0) is 14.7. The molecule has 2 aromatic carbocycles. The van der Waals surface area contributed by atoms with Crippen LogP contribution >= 0.6 is 0 Å². The van der Waals surface area contributed by atoms with E-state index in [0.29, 0.717) is 0 Å². The Labute approximate surface area is 125 Å². The average Bonchev–Trinajstić information content (AvgIpc) is 2.56. The fourth-order valence-electron chi connectivity index (χ4n) is 2.49. The maximum absolute atomic E-state index is 6.37. The third-order valence-corrected chi connectivity index (χ3v) is 3.79. The second-order valence-electron chi connectivity index (χ2n) is 5.20. The van der Waals surface area contributed by atoms with Crippen LogP contribution in [-0.2, 0) is 0 Å². The highest BCUT2D eigenvalue weighted by atomic mass is 14.7. The zero-order valence-corrected chi connectivity index (χ0v) is 12.0. The van der Waals surface area contributed by atoms with E-state index in [4.69, 9.17) is 5.73 Å². The van der Waals surface area contributed by atoms with E-state index in [1.54, 1.807) is 6.20 Å². The lowest BCUT2D eigenvalue weighted by Gasteiger charge is -2.15. The van der Waals surface area contributed by atoms with Gasteiger partial charge < -0.3 is 5.73 Å². The van der Waals surface area contributed by atoms with Crippen molar-refractivity contribution in [1.82, 2.24) is 4.98 Å².